The third-order valence-electron chi connectivity index (χ3n) is 4.37. The van der Waals surface area contributed by atoms with E-state index in [1.165, 1.54) is 0 Å². The maximum atomic E-state index is 6.12. The second-order valence-electron chi connectivity index (χ2n) is 6.67. The molecule has 0 saturated carbocycles. The van der Waals surface area contributed by atoms with Gasteiger partial charge in [0.25, 0.3) is 0 Å². The summed E-state index contributed by atoms with van der Waals surface area (Å²) in [6, 6.07) is 3.62. The molecular formula is C16H26BN3O3. The summed E-state index contributed by atoms with van der Waals surface area (Å²) >= 11 is 0. The van der Waals surface area contributed by atoms with Crippen molar-refractivity contribution >= 4 is 18.9 Å². The molecular weight excluding hydrogens is 293 g/mol. The highest BCUT2D eigenvalue weighted by atomic mass is 16.7. The van der Waals surface area contributed by atoms with Gasteiger partial charge in [-0.15, -0.1) is 0 Å². The average Bonchev–Trinajstić information content (AvgIpc) is 2.69. The molecule has 0 bridgehead atoms. The van der Waals surface area contributed by atoms with Gasteiger partial charge in [-0.3, -0.25) is 0 Å². The summed E-state index contributed by atoms with van der Waals surface area (Å²) < 4.78 is 17.4. The van der Waals surface area contributed by atoms with Crippen LogP contribution in [0.2, 0.25) is 0 Å². The first-order valence-corrected chi connectivity index (χ1v) is 7.71. The van der Waals surface area contributed by atoms with Gasteiger partial charge in [-0.05, 0) is 58.4 Å². The largest absolute Gasteiger partial charge is 0.491 e. The number of methoxy groups -OCH3 is 1. The summed E-state index contributed by atoms with van der Waals surface area (Å²) in [7, 11) is 3.02. The average molecular weight is 319 g/mol. The Balaban J connectivity index is 2.32. The first kappa shape index (κ1) is 17.8. The molecule has 0 aliphatic carbocycles. The third kappa shape index (κ3) is 3.68. The van der Waals surface area contributed by atoms with Crippen LogP contribution in [-0.4, -0.2) is 44.0 Å². The molecule has 1 saturated heterocycles. The van der Waals surface area contributed by atoms with Crippen LogP contribution in [0.15, 0.2) is 17.6 Å². The monoisotopic (exact) mass is 319 g/mol. The molecule has 0 radical (unpaired) electrons. The van der Waals surface area contributed by atoms with Crippen molar-refractivity contribution in [2.24, 2.45) is 0 Å². The van der Waals surface area contributed by atoms with Crippen molar-refractivity contribution in [3.05, 3.63) is 23.3 Å². The minimum atomic E-state index is -0.419. The van der Waals surface area contributed by atoms with Gasteiger partial charge in [0.05, 0.1) is 29.7 Å². The predicted octanol–water partition coefficient (Wildman–Crippen LogP) is 1.91. The highest BCUT2D eigenvalue weighted by Gasteiger charge is 2.52. The van der Waals surface area contributed by atoms with E-state index in [1.54, 1.807) is 13.2 Å². The van der Waals surface area contributed by atoms with Crippen molar-refractivity contribution in [2.45, 2.75) is 38.9 Å². The Hall–Kier alpha value is -1.57. The lowest BCUT2D eigenvalue weighted by Crippen LogP contribution is -2.41. The molecule has 1 aliphatic rings. The number of ether oxygens (including phenoxy) is 1. The Labute approximate surface area is 138 Å². The highest BCUT2D eigenvalue weighted by molar-refractivity contribution is 6.55. The molecule has 2 rings (SSSR count). The molecule has 1 fully saturated rings. The zero-order chi connectivity index (χ0) is 17.3. The number of nitrogens with one attached hydrogen (secondary N) is 1. The van der Waals surface area contributed by atoms with Crippen molar-refractivity contribution in [3.8, 4) is 5.88 Å². The summed E-state index contributed by atoms with van der Waals surface area (Å²) in [5.74, 6) is 0.413. The van der Waals surface area contributed by atoms with E-state index in [9.17, 15) is 0 Å². The number of aromatic nitrogens is 1. The molecule has 2 heterocycles. The number of nitrogens with zero attached hydrogens (tertiary/aromatic N) is 1. The Kier molecular flexibility index (Phi) is 5.03. The fourth-order valence-corrected chi connectivity index (χ4v) is 2.30. The van der Waals surface area contributed by atoms with Crippen molar-refractivity contribution in [2.75, 3.05) is 26.4 Å². The van der Waals surface area contributed by atoms with Crippen molar-refractivity contribution in [1.29, 1.82) is 0 Å². The summed E-state index contributed by atoms with van der Waals surface area (Å²) in [5, 5.41) is 3.15. The van der Waals surface area contributed by atoms with Gasteiger partial charge in [0.15, 0.2) is 0 Å². The molecule has 23 heavy (non-hydrogen) atoms. The molecule has 126 valence electrons. The second kappa shape index (κ2) is 6.51. The van der Waals surface area contributed by atoms with Crippen LogP contribution >= 0.6 is 0 Å². The zero-order valence-corrected chi connectivity index (χ0v) is 14.8. The Morgan fingerprint density at radius 1 is 1.30 bits per heavy atom. The number of anilines is 1. The summed E-state index contributed by atoms with van der Waals surface area (Å²) in [6.45, 7) is 8.77. The van der Waals surface area contributed by atoms with Gasteiger partial charge in [-0.2, -0.15) is 0 Å². The molecule has 7 heteroatoms. The summed E-state index contributed by atoms with van der Waals surface area (Å²) in [6.07, 6.45) is 1.95. The van der Waals surface area contributed by atoms with Gasteiger partial charge >= 0.3 is 7.12 Å². The van der Waals surface area contributed by atoms with Crippen LogP contribution in [0.4, 0.5) is 5.69 Å². The van der Waals surface area contributed by atoms with Crippen LogP contribution in [0.3, 0.4) is 0 Å². The van der Waals surface area contributed by atoms with E-state index in [4.69, 9.17) is 19.8 Å². The van der Waals surface area contributed by atoms with E-state index in [0.717, 1.165) is 11.2 Å². The summed E-state index contributed by atoms with van der Waals surface area (Å²) in [5.41, 5.74) is 7.28. The lowest BCUT2D eigenvalue weighted by atomic mass is 9.77. The number of hydrogen-bond donors (Lipinski definition) is 2. The number of nitrogen functional groups attached to an aromatic ring is 1. The van der Waals surface area contributed by atoms with Crippen molar-refractivity contribution in [1.82, 2.24) is 10.3 Å². The first-order valence-electron chi connectivity index (χ1n) is 7.71. The molecule has 1 aliphatic heterocycles. The van der Waals surface area contributed by atoms with Crippen molar-refractivity contribution < 1.29 is 14.0 Å². The molecule has 0 atom stereocenters. The van der Waals surface area contributed by atoms with Gasteiger partial charge < -0.3 is 25.1 Å². The highest BCUT2D eigenvalue weighted by Crippen LogP contribution is 2.38. The predicted molar refractivity (Wildman–Crippen MR) is 93.2 cm³/mol. The minimum absolute atomic E-state index is 0.378. The van der Waals surface area contributed by atoms with E-state index >= 15 is 0 Å². The van der Waals surface area contributed by atoms with Crippen LogP contribution in [-0.2, 0) is 9.31 Å². The normalized spacial score (nSPS) is 19.9. The van der Waals surface area contributed by atoms with E-state index in [2.05, 4.69) is 10.3 Å². The molecule has 1 aromatic rings. The lowest BCUT2D eigenvalue weighted by Gasteiger charge is -2.32. The maximum Gasteiger partial charge on any atom is 0.491 e. The Morgan fingerprint density at radius 2 is 1.91 bits per heavy atom. The van der Waals surface area contributed by atoms with Gasteiger partial charge in [0.1, 0.15) is 0 Å². The van der Waals surface area contributed by atoms with Gasteiger partial charge in [0, 0.05) is 6.54 Å². The standard InChI is InChI=1S/C16H26BN3O3/c1-15(2)16(3,4)23-17(22-15)11(10-19-5)9-12-7-8-13(18)14(20-12)21-6/h7-9,19H,10,18H2,1-6H3. The van der Waals surface area contributed by atoms with Crippen LogP contribution in [0.1, 0.15) is 33.4 Å². The topological polar surface area (TPSA) is 78.6 Å². The molecule has 0 spiro atoms. The molecule has 6 nitrogen and oxygen atoms in total. The van der Waals surface area contributed by atoms with E-state index in [-0.39, 0.29) is 11.2 Å². The fraction of sp³-hybridized carbons (Fsp3) is 0.562. The first-order chi connectivity index (χ1) is 10.7. The second-order valence-corrected chi connectivity index (χ2v) is 6.67. The quantitative estimate of drug-likeness (QED) is 0.807. The van der Waals surface area contributed by atoms with E-state index in [0.29, 0.717) is 18.1 Å². The Bertz CT molecular complexity index is 586. The van der Waals surface area contributed by atoms with Crippen LogP contribution < -0.4 is 15.8 Å². The lowest BCUT2D eigenvalue weighted by molar-refractivity contribution is 0.00578. The third-order valence-corrected chi connectivity index (χ3v) is 4.37. The van der Waals surface area contributed by atoms with Crippen molar-refractivity contribution in [3.63, 3.8) is 0 Å². The van der Waals surface area contributed by atoms with Crippen LogP contribution in [0.5, 0.6) is 5.88 Å². The van der Waals surface area contributed by atoms with E-state index < -0.39 is 7.12 Å². The van der Waals surface area contributed by atoms with Gasteiger partial charge in [-0.1, -0.05) is 0 Å². The number of nitrogens with two attached hydrogens (primary N) is 1. The molecule has 1 aromatic heterocycles. The number of pyridine rings is 1. The molecule has 3 N–H and O–H groups in total. The van der Waals surface area contributed by atoms with E-state index in [1.807, 2.05) is 46.9 Å². The number of likely N-dealkylation sites (N-methyl/N-ethyl adjacent to an activating group) is 1. The molecule has 0 unspecified atom stereocenters. The van der Waals surface area contributed by atoms with Gasteiger partial charge in [0.2, 0.25) is 5.88 Å². The molecule has 0 amide bonds. The van der Waals surface area contributed by atoms with Gasteiger partial charge in [-0.25, -0.2) is 4.98 Å². The Morgan fingerprint density at radius 3 is 2.43 bits per heavy atom. The SMILES string of the molecule is CNCC(=Cc1ccc(N)c(OC)n1)B1OC(C)(C)C(C)(C)O1. The molecule has 0 aromatic carbocycles. The smallest absolute Gasteiger partial charge is 0.480 e. The zero-order valence-electron chi connectivity index (χ0n) is 14.8. The number of hydrogen-bond acceptors (Lipinski definition) is 6. The van der Waals surface area contributed by atoms with Crippen LogP contribution in [0.25, 0.3) is 6.08 Å². The maximum absolute atomic E-state index is 6.12. The van der Waals surface area contributed by atoms with Crippen LogP contribution in [0, 0.1) is 0 Å². The summed E-state index contributed by atoms with van der Waals surface area (Å²) in [4.78, 5) is 4.39. The number of rotatable bonds is 5. The minimum Gasteiger partial charge on any atom is -0.480 e. The fourth-order valence-electron chi connectivity index (χ4n) is 2.30.